The number of benzene rings is 1. The van der Waals surface area contributed by atoms with Gasteiger partial charge < -0.3 is 14.6 Å². The van der Waals surface area contributed by atoms with Crippen LogP contribution >= 0.6 is 15.9 Å². The van der Waals surface area contributed by atoms with E-state index in [1.807, 2.05) is 6.07 Å². The summed E-state index contributed by atoms with van der Waals surface area (Å²) in [5.74, 6) is -0.692. The molecule has 2 heterocycles. The van der Waals surface area contributed by atoms with Crippen LogP contribution in [0.25, 0.3) is 0 Å². The molecule has 0 radical (unpaired) electrons. The summed E-state index contributed by atoms with van der Waals surface area (Å²) in [5.41, 5.74) is -0.121. The third-order valence-electron chi connectivity index (χ3n) is 4.39. The Bertz CT molecular complexity index is 807. The smallest absolute Gasteiger partial charge is 0.287 e. The van der Waals surface area contributed by atoms with Gasteiger partial charge in [0.05, 0.1) is 0 Å². The van der Waals surface area contributed by atoms with Crippen LogP contribution in [0.2, 0.25) is 0 Å². The number of amides is 2. The molecule has 1 aliphatic rings. The van der Waals surface area contributed by atoms with Crippen LogP contribution in [0, 0.1) is 5.82 Å². The van der Waals surface area contributed by atoms with Gasteiger partial charge in [-0.25, -0.2) is 4.39 Å². The lowest BCUT2D eigenvalue weighted by atomic mass is 10.0. The van der Waals surface area contributed by atoms with Gasteiger partial charge in [0.1, 0.15) is 11.4 Å². The molecule has 1 fully saturated rings. The number of nitrogens with zero attached hydrogens (tertiary/aromatic N) is 1. The molecule has 0 bridgehead atoms. The number of halogens is 2. The van der Waals surface area contributed by atoms with Gasteiger partial charge in [0, 0.05) is 13.1 Å². The quantitative estimate of drug-likeness (QED) is 0.826. The summed E-state index contributed by atoms with van der Waals surface area (Å²) in [7, 11) is 0. The van der Waals surface area contributed by atoms with E-state index < -0.39 is 11.4 Å². The van der Waals surface area contributed by atoms with Crippen molar-refractivity contribution in [3.05, 3.63) is 58.2 Å². The standard InChI is InChI=1S/C18H18BrFN2O3/c1-18(21-16(23)14-5-6-15(19)25-14)8-10-22(17(18)24)9-7-12-3-2-4-13(20)11-12/h2-6,11H,7-10H2,1H3,(H,21,23). The number of rotatable bonds is 5. The van der Waals surface area contributed by atoms with Gasteiger partial charge in [0.2, 0.25) is 5.91 Å². The molecule has 2 aromatic rings. The molecule has 1 saturated heterocycles. The first-order valence-electron chi connectivity index (χ1n) is 7.99. The number of likely N-dealkylation sites (tertiary alicyclic amines) is 1. The highest BCUT2D eigenvalue weighted by molar-refractivity contribution is 9.10. The number of hydrogen-bond donors (Lipinski definition) is 1. The Morgan fingerprint density at radius 1 is 1.40 bits per heavy atom. The van der Waals surface area contributed by atoms with Crippen molar-refractivity contribution in [3.63, 3.8) is 0 Å². The SMILES string of the molecule is CC1(NC(=O)c2ccc(Br)o2)CCN(CCc2cccc(F)c2)C1=O. The fourth-order valence-corrected chi connectivity index (χ4v) is 3.26. The van der Waals surface area contributed by atoms with Crippen molar-refractivity contribution in [1.29, 1.82) is 0 Å². The third kappa shape index (κ3) is 3.92. The van der Waals surface area contributed by atoms with E-state index in [2.05, 4.69) is 21.2 Å². The molecule has 0 spiro atoms. The largest absolute Gasteiger partial charge is 0.444 e. The Labute approximate surface area is 153 Å². The maximum absolute atomic E-state index is 13.2. The Kier molecular flexibility index (Phi) is 4.94. The topological polar surface area (TPSA) is 62.6 Å². The first-order chi connectivity index (χ1) is 11.9. The number of furan rings is 1. The molecule has 5 nitrogen and oxygen atoms in total. The minimum absolute atomic E-state index is 0.136. The van der Waals surface area contributed by atoms with E-state index in [9.17, 15) is 14.0 Å². The van der Waals surface area contributed by atoms with Gasteiger partial charge in [-0.1, -0.05) is 12.1 Å². The van der Waals surface area contributed by atoms with Crippen LogP contribution in [0.15, 0.2) is 45.5 Å². The Balaban J connectivity index is 1.61. The molecule has 1 aromatic heterocycles. The predicted octanol–water partition coefficient (Wildman–Crippen LogP) is 3.14. The van der Waals surface area contributed by atoms with Crippen molar-refractivity contribution < 1.29 is 18.4 Å². The minimum Gasteiger partial charge on any atom is -0.444 e. The number of carbonyl (C=O) groups is 2. The molecular formula is C18H18BrFN2O3. The second kappa shape index (κ2) is 7.00. The van der Waals surface area contributed by atoms with Gasteiger partial charge in [-0.15, -0.1) is 0 Å². The molecule has 25 heavy (non-hydrogen) atoms. The highest BCUT2D eigenvalue weighted by atomic mass is 79.9. The van der Waals surface area contributed by atoms with Crippen LogP contribution in [0.5, 0.6) is 0 Å². The van der Waals surface area contributed by atoms with Crippen LogP contribution in [-0.4, -0.2) is 35.3 Å². The van der Waals surface area contributed by atoms with E-state index >= 15 is 0 Å². The molecule has 3 rings (SSSR count). The van der Waals surface area contributed by atoms with Crippen LogP contribution in [-0.2, 0) is 11.2 Å². The normalized spacial score (nSPS) is 20.1. The third-order valence-corrected chi connectivity index (χ3v) is 4.81. The first kappa shape index (κ1) is 17.7. The highest BCUT2D eigenvalue weighted by Crippen LogP contribution is 2.24. The Morgan fingerprint density at radius 3 is 2.88 bits per heavy atom. The van der Waals surface area contributed by atoms with Gasteiger partial charge in [0.15, 0.2) is 10.4 Å². The van der Waals surface area contributed by atoms with Gasteiger partial charge >= 0.3 is 0 Å². The number of carbonyl (C=O) groups excluding carboxylic acids is 2. The molecule has 1 aliphatic heterocycles. The van der Waals surface area contributed by atoms with E-state index in [1.165, 1.54) is 12.1 Å². The summed E-state index contributed by atoms with van der Waals surface area (Å²) in [6.07, 6.45) is 1.08. The Morgan fingerprint density at radius 2 is 2.20 bits per heavy atom. The van der Waals surface area contributed by atoms with Crippen molar-refractivity contribution in [2.45, 2.75) is 25.3 Å². The van der Waals surface area contributed by atoms with Gasteiger partial charge in [-0.3, -0.25) is 9.59 Å². The van der Waals surface area contributed by atoms with E-state index in [4.69, 9.17) is 4.42 Å². The zero-order valence-corrected chi connectivity index (χ0v) is 15.3. The summed E-state index contributed by atoms with van der Waals surface area (Å²) < 4.78 is 18.9. The maximum atomic E-state index is 13.2. The monoisotopic (exact) mass is 408 g/mol. The lowest BCUT2D eigenvalue weighted by molar-refractivity contribution is -0.132. The molecule has 1 aromatic carbocycles. The fraction of sp³-hybridized carbons (Fsp3) is 0.333. The van der Waals surface area contributed by atoms with Gasteiger partial charge in [0.25, 0.3) is 5.91 Å². The number of hydrogen-bond acceptors (Lipinski definition) is 3. The molecule has 1 N–H and O–H groups in total. The lowest BCUT2D eigenvalue weighted by Crippen LogP contribution is -2.52. The van der Waals surface area contributed by atoms with Crippen LogP contribution in [0.4, 0.5) is 4.39 Å². The lowest BCUT2D eigenvalue weighted by Gasteiger charge is -2.24. The minimum atomic E-state index is -0.960. The highest BCUT2D eigenvalue weighted by Gasteiger charge is 2.44. The van der Waals surface area contributed by atoms with Crippen molar-refractivity contribution in [2.75, 3.05) is 13.1 Å². The van der Waals surface area contributed by atoms with Crippen molar-refractivity contribution in [3.8, 4) is 0 Å². The fourth-order valence-electron chi connectivity index (χ4n) is 2.95. The molecule has 132 valence electrons. The molecule has 1 atom stereocenters. The van der Waals surface area contributed by atoms with Crippen LogP contribution in [0.1, 0.15) is 29.5 Å². The maximum Gasteiger partial charge on any atom is 0.287 e. The average Bonchev–Trinajstić information content (AvgIpc) is 3.11. The Hall–Kier alpha value is -2.15. The first-order valence-corrected chi connectivity index (χ1v) is 8.78. The van der Waals surface area contributed by atoms with Crippen LogP contribution in [0.3, 0.4) is 0 Å². The zero-order chi connectivity index (χ0) is 18.0. The van der Waals surface area contributed by atoms with Gasteiger partial charge in [-0.05, 0) is 65.5 Å². The van der Waals surface area contributed by atoms with Crippen molar-refractivity contribution in [1.82, 2.24) is 10.2 Å². The van der Waals surface area contributed by atoms with E-state index in [0.717, 1.165) is 5.56 Å². The van der Waals surface area contributed by atoms with E-state index in [0.29, 0.717) is 30.6 Å². The molecule has 0 saturated carbocycles. The second-order valence-corrected chi connectivity index (χ2v) is 7.09. The molecular weight excluding hydrogens is 391 g/mol. The predicted molar refractivity (Wildman–Crippen MR) is 93.6 cm³/mol. The summed E-state index contributed by atoms with van der Waals surface area (Å²) in [6.45, 7) is 2.75. The summed E-state index contributed by atoms with van der Waals surface area (Å²) >= 11 is 3.15. The van der Waals surface area contributed by atoms with E-state index in [1.54, 1.807) is 30.0 Å². The molecule has 0 aliphatic carbocycles. The average molecular weight is 409 g/mol. The van der Waals surface area contributed by atoms with Crippen molar-refractivity contribution in [2.24, 2.45) is 0 Å². The summed E-state index contributed by atoms with van der Waals surface area (Å²) in [6, 6.07) is 9.52. The summed E-state index contributed by atoms with van der Waals surface area (Å²) in [5, 5.41) is 2.77. The molecule has 1 unspecified atom stereocenters. The van der Waals surface area contributed by atoms with E-state index in [-0.39, 0.29) is 17.5 Å². The van der Waals surface area contributed by atoms with Crippen molar-refractivity contribution >= 4 is 27.7 Å². The molecule has 7 heteroatoms. The second-order valence-electron chi connectivity index (χ2n) is 6.31. The van der Waals surface area contributed by atoms with Gasteiger partial charge in [-0.2, -0.15) is 0 Å². The summed E-state index contributed by atoms with van der Waals surface area (Å²) in [4.78, 5) is 26.6. The van der Waals surface area contributed by atoms with Crippen LogP contribution < -0.4 is 5.32 Å². The zero-order valence-electron chi connectivity index (χ0n) is 13.7. The number of nitrogens with one attached hydrogen (secondary N) is 1. The molecule has 2 amide bonds.